The molecule has 1 aliphatic heterocycles. The number of rotatable bonds is 5. The second kappa shape index (κ2) is 6.46. The fraction of sp³-hybridized carbons (Fsp3) is 0.600. The van der Waals surface area contributed by atoms with Gasteiger partial charge < -0.3 is 0 Å². The third-order valence-electron chi connectivity index (χ3n) is 3.60. The van der Waals surface area contributed by atoms with Crippen molar-refractivity contribution in [2.75, 3.05) is 18.1 Å². The van der Waals surface area contributed by atoms with Gasteiger partial charge in [-0.25, -0.2) is 8.42 Å². The Balaban J connectivity index is 2.12. The van der Waals surface area contributed by atoms with Crippen molar-refractivity contribution in [2.45, 2.75) is 32.9 Å². The SMILES string of the molecule is CC(C)CN(Cc1cccc(Cl)c1)[C@H]1CCS(=O)(=O)C1. The minimum Gasteiger partial charge on any atom is -0.295 e. The average Bonchev–Trinajstić information content (AvgIpc) is 2.68. The summed E-state index contributed by atoms with van der Waals surface area (Å²) in [6.45, 7) is 5.99. The van der Waals surface area contributed by atoms with Crippen molar-refractivity contribution < 1.29 is 8.42 Å². The number of benzene rings is 1. The van der Waals surface area contributed by atoms with Gasteiger partial charge in [0.25, 0.3) is 0 Å². The highest BCUT2D eigenvalue weighted by molar-refractivity contribution is 7.91. The maximum absolute atomic E-state index is 11.7. The van der Waals surface area contributed by atoms with Crippen molar-refractivity contribution in [3.8, 4) is 0 Å². The molecular weight excluding hydrogens is 294 g/mol. The highest BCUT2D eigenvalue weighted by atomic mass is 35.5. The number of hydrogen-bond acceptors (Lipinski definition) is 3. The summed E-state index contributed by atoms with van der Waals surface area (Å²) in [5.41, 5.74) is 1.14. The van der Waals surface area contributed by atoms with Gasteiger partial charge in [0.1, 0.15) is 0 Å². The predicted molar refractivity (Wildman–Crippen MR) is 83.8 cm³/mol. The van der Waals surface area contributed by atoms with Gasteiger partial charge in [0.2, 0.25) is 0 Å². The van der Waals surface area contributed by atoms with Crippen molar-refractivity contribution in [3.63, 3.8) is 0 Å². The summed E-state index contributed by atoms with van der Waals surface area (Å²) < 4.78 is 23.4. The monoisotopic (exact) mass is 315 g/mol. The van der Waals surface area contributed by atoms with Crippen molar-refractivity contribution in [1.82, 2.24) is 4.90 Å². The molecule has 0 spiro atoms. The third-order valence-corrected chi connectivity index (χ3v) is 5.58. The molecule has 0 radical (unpaired) electrons. The Kier molecular flexibility index (Phi) is 5.10. The van der Waals surface area contributed by atoms with Crippen LogP contribution < -0.4 is 0 Å². The highest BCUT2D eigenvalue weighted by Crippen LogP contribution is 2.22. The molecule has 2 rings (SSSR count). The molecule has 1 heterocycles. The Hall–Kier alpha value is -0.580. The molecule has 1 aromatic rings. The third kappa shape index (κ3) is 4.47. The van der Waals surface area contributed by atoms with Crippen molar-refractivity contribution >= 4 is 21.4 Å². The minimum absolute atomic E-state index is 0.140. The first-order valence-corrected chi connectivity index (χ1v) is 9.24. The zero-order valence-corrected chi connectivity index (χ0v) is 13.6. The van der Waals surface area contributed by atoms with Gasteiger partial charge in [0, 0.05) is 24.2 Å². The van der Waals surface area contributed by atoms with Crippen LogP contribution in [0.2, 0.25) is 5.02 Å². The summed E-state index contributed by atoms with van der Waals surface area (Å²) in [5, 5.41) is 0.728. The van der Waals surface area contributed by atoms with Gasteiger partial charge in [-0.2, -0.15) is 0 Å². The molecule has 0 aromatic heterocycles. The summed E-state index contributed by atoms with van der Waals surface area (Å²) in [6.07, 6.45) is 0.746. The van der Waals surface area contributed by atoms with Crippen LogP contribution in [0.5, 0.6) is 0 Å². The lowest BCUT2D eigenvalue weighted by Crippen LogP contribution is -2.38. The molecule has 1 aliphatic rings. The Morgan fingerprint density at radius 1 is 1.40 bits per heavy atom. The van der Waals surface area contributed by atoms with Crippen molar-refractivity contribution in [1.29, 1.82) is 0 Å². The van der Waals surface area contributed by atoms with Crippen LogP contribution in [-0.2, 0) is 16.4 Å². The molecule has 1 fully saturated rings. The van der Waals surface area contributed by atoms with E-state index in [1.807, 2.05) is 24.3 Å². The molecule has 5 heteroatoms. The molecule has 0 unspecified atom stereocenters. The van der Waals surface area contributed by atoms with E-state index in [4.69, 9.17) is 11.6 Å². The Morgan fingerprint density at radius 2 is 2.15 bits per heavy atom. The first-order chi connectivity index (χ1) is 9.35. The smallest absolute Gasteiger partial charge is 0.151 e. The fourth-order valence-corrected chi connectivity index (χ4v) is 4.72. The molecule has 0 amide bonds. The molecule has 20 heavy (non-hydrogen) atoms. The maximum Gasteiger partial charge on any atom is 0.151 e. The summed E-state index contributed by atoms with van der Waals surface area (Å²) >= 11 is 6.02. The molecule has 1 atom stereocenters. The quantitative estimate of drug-likeness (QED) is 0.838. The molecule has 0 bridgehead atoms. The normalized spacial score (nSPS) is 21.8. The molecule has 0 aliphatic carbocycles. The van der Waals surface area contributed by atoms with Crippen LogP contribution in [0.1, 0.15) is 25.8 Å². The summed E-state index contributed by atoms with van der Waals surface area (Å²) in [6, 6.07) is 7.94. The minimum atomic E-state index is -2.84. The van der Waals surface area contributed by atoms with E-state index in [1.54, 1.807) is 0 Å². The topological polar surface area (TPSA) is 37.4 Å². The summed E-state index contributed by atoms with van der Waals surface area (Å²) in [4.78, 5) is 2.29. The Morgan fingerprint density at radius 3 is 2.70 bits per heavy atom. The molecule has 0 saturated carbocycles. The lowest BCUT2D eigenvalue weighted by atomic mass is 10.1. The van der Waals surface area contributed by atoms with E-state index in [9.17, 15) is 8.42 Å². The predicted octanol–water partition coefficient (Wildman–Crippen LogP) is 2.99. The van der Waals surface area contributed by atoms with Gasteiger partial charge in [0.05, 0.1) is 11.5 Å². The Bertz CT molecular complexity index is 557. The van der Waals surface area contributed by atoms with E-state index in [2.05, 4.69) is 18.7 Å². The second-order valence-corrected chi connectivity index (χ2v) is 8.68. The first kappa shape index (κ1) is 15.8. The molecule has 3 nitrogen and oxygen atoms in total. The maximum atomic E-state index is 11.7. The molecule has 1 aromatic carbocycles. The summed E-state index contributed by atoms with van der Waals surface area (Å²) in [7, 11) is -2.84. The van der Waals surface area contributed by atoms with Crippen LogP contribution >= 0.6 is 11.6 Å². The number of hydrogen-bond donors (Lipinski definition) is 0. The van der Waals surface area contributed by atoms with Crippen molar-refractivity contribution in [3.05, 3.63) is 34.9 Å². The van der Waals surface area contributed by atoms with E-state index in [0.717, 1.165) is 30.1 Å². The fourth-order valence-electron chi connectivity index (χ4n) is 2.74. The van der Waals surface area contributed by atoms with Crippen LogP contribution in [0.4, 0.5) is 0 Å². The Labute approximate surface area is 126 Å². The van der Waals surface area contributed by atoms with E-state index >= 15 is 0 Å². The van der Waals surface area contributed by atoms with Crippen LogP contribution in [0.15, 0.2) is 24.3 Å². The zero-order valence-electron chi connectivity index (χ0n) is 12.0. The van der Waals surface area contributed by atoms with Crippen LogP contribution in [-0.4, -0.2) is 37.4 Å². The number of halogens is 1. The average molecular weight is 316 g/mol. The van der Waals surface area contributed by atoms with Gasteiger partial charge in [-0.15, -0.1) is 0 Å². The van der Waals surface area contributed by atoms with Crippen molar-refractivity contribution in [2.24, 2.45) is 5.92 Å². The zero-order chi connectivity index (χ0) is 14.8. The van der Waals surface area contributed by atoms with Gasteiger partial charge in [-0.3, -0.25) is 4.90 Å². The summed E-state index contributed by atoms with van der Waals surface area (Å²) in [5.74, 6) is 1.12. The largest absolute Gasteiger partial charge is 0.295 e. The van der Waals surface area contributed by atoms with E-state index in [-0.39, 0.29) is 6.04 Å². The van der Waals surface area contributed by atoms with Crippen LogP contribution in [0.3, 0.4) is 0 Å². The molecule has 1 saturated heterocycles. The second-order valence-electron chi connectivity index (χ2n) is 6.01. The molecular formula is C15H22ClNO2S. The first-order valence-electron chi connectivity index (χ1n) is 7.04. The highest BCUT2D eigenvalue weighted by Gasteiger charge is 2.32. The lowest BCUT2D eigenvalue weighted by Gasteiger charge is -2.29. The van der Waals surface area contributed by atoms with E-state index < -0.39 is 9.84 Å². The van der Waals surface area contributed by atoms with Gasteiger partial charge in [0.15, 0.2) is 9.84 Å². The van der Waals surface area contributed by atoms with E-state index in [1.165, 1.54) is 0 Å². The van der Waals surface area contributed by atoms with E-state index in [0.29, 0.717) is 17.4 Å². The van der Waals surface area contributed by atoms with Crippen LogP contribution in [0.25, 0.3) is 0 Å². The van der Waals surface area contributed by atoms with Gasteiger partial charge in [-0.05, 0) is 30.0 Å². The van der Waals surface area contributed by atoms with Gasteiger partial charge >= 0.3 is 0 Å². The molecule has 112 valence electrons. The number of sulfone groups is 1. The van der Waals surface area contributed by atoms with Crippen LogP contribution in [0, 0.1) is 5.92 Å². The molecule has 0 N–H and O–H groups in total. The lowest BCUT2D eigenvalue weighted by molar-refractivity contribution is 0.181. The number of nitrogens with zero attached hydrogens (tertiary/aromatic N) is 1. The standard InChI is InChI=1S/C15H22ClNO2S/c1-12(2)9-17(15-6-7-20(18,19)11-15)10-13-4-3-5-14(16)8-13/h3-5,8,12,15H,6-7,9-11H2,1-2H3/t15-/m0/s1. The van der Waals surface area contributed by atoms with Gasteiger partial charge in [-0.1, -0.05) is 37.6 Å².